The van der Waals surface area contributed by atoms with Crippen molar-refractivity contribution in [3.8, 4) is 16.9 Å². The van der Waals surface area contributed by atoms with Crippen LogP contribution in [-0.4, -0.2) is 20.4 Å². The van der Waals surface area contributed by atoms with Crippen molar-refractivity contribution in [1.29, 1.82) is 0 Å². The van der Waals surface area contributed by atoms with Gasteiger partial charge in [-0.05, 0) is 36.5 Å². The van der Waals surface area contributed by atoms with Gasteiger partial charge in [-0.25, -0.2) is 9.37 Å². The highest BCUT2D eigenvalue weighted by molar-refractivity contribution is 7.71. The lowest BCUT2D eigenvalue weighted by Gasteiger charge is -2.07. The van der Waals surface area contributed by atoms with Crippen molar-refractivity contribution in [1.82, 2.24) is 14.5 Å². The lowest BCUT2D eigenvalue weighted by Crippen LogP contribution is -2.16. The fraction of sp³-hybridized carbons (Fsp3) is 0. The van der Waals surface area contributed by atoms with E-state index in [9.17, 15) is 9.18 Å². The second kappa shape index (κ2) is 7.26. The van der Waals surface area contributed by atoms with E-state index in [1.54, 1.807) is 28.3 Å². The summed E-state index contributed by atoms with van der Waals surface area (Å²) in [5.41, 5.74) is 2.41. The summed E-state index contributed by atoms with van der Waals surface area (Å²) in [6.07, 6.45) is 1.56. The first-order valence-electron chi connectivity index (χ1n) is 8.00. The lowest BCUT2D eigenvalue weighted by atomic mass is 10.2. The van der Waals surface area contributed by atoms with Crippen LogP contribution < -0.4 is 5.32 Å². The molecule has 2 heterocycles. The van der Waals surface area contributed by atoms with Crippen LogP contribution in [0.25, 0.3) is 16.9 Å². The molecule has 0 saturated heterocycles. The summed E-state index contributed by atoms with van der Waals surface area (Å²) >= 11 is 6.57. The zero-order chi connectivity index (χ0) is 18.8. The van der Waals surface area contributed by atoms with Crippen molar-refractivity contribution in [2.45, 2.75) is 0 Å². The van der Waals surface area contributed by atoms with Crippen molar-refractivity contribution < 1.29 is 9.18 Å². The topological polar surface area (TPSA) is 62.7 Å². The van der Waals surface area contributed by atoms with Crippen molar-refractivity contribution in [2.75, 3.05) is 5.32 Å². The molecule has 27 heavy (non-hydrogen) atoms. The fourth-order valence-electron chi connectivity index (χ4n) is 2.64. The van der Waals surface area contributed by atoms with Crippen molar-refractivity contribution >= 4 is 34.6 Å². The number of rotatable bonds is 4. The van der Waals surface area contributed by atoms with E-state index in [4.69, 9.17) is 12.2 Å². The van der Waals surface area contributed by atoms with E-state index in [1.165, 1.54) is 23.5 Å². The van der Waals surface area contributed by atoms with Gasteiger partial charge in [0.15, 0.2) is 9.90 Å². The molecule has 5 nitrogen and oxygen atoms in total. The van der Waals surface area contributed by atoms with Gasteiger partial charge in [0.05, 0.1) is 5.69 Å². The molecule has 0 aliphatic carbocycles. The molecule has 2 aromatic heterocycles. The number of imidazole rings is 1. The van der Waals surface area contributed by atoms with Crippen LogP contribution in [0.4, 0.5) is 9.52 Å². The Morgan fingerprint density at radius 3 is 2.78 bits per heavy atom. The quantitative estimate of drug-likeness (QED) is 0.475. The SMILES string of the molecule is O=C(Nc1nc(-c2cccc(F)c2)cs1)c1c[nH]c(=S)n1-c1ccccc1. The van der Waals surface area contributed by atoms with Gasteiger partial charge in [-0.2, -0.15) is 0 Å². The number of hydrogen-bond donors (Lipinski definition) is 2. The summed E-state index contributed by atoms with van der Waals surface area (Å²) in [7, 11) is 0. The number of aromatic amines is 1. The molecule has 0 aliphatic rings. The Hall–Kier alpha value is -3.10. The molecule has 2 aromatic carbocycles. The molecule has 4 aromatic rings. The van der Waals surface area contributed by atoms with Crippen LogP contribution in [0, 0.1) is 10.6 Å². The Morgan fingerprint density at radius 1 is 1.19 bits per heavy atom. The first-order valence-corrected chi connectivity index (χ1v) is 9.29. The van der Waals surface area contributed by atoms with E-state index >= 15 is 0 Å². The molecule has 1 amide bonds. The Balaban J connectivity index is 1.60. The minimum absolute atomic E-state index is 0.333. The number of nitrogens with zero attached hydrogens (tertiary/aromatic N) is 2. The van der Waals surface area contributed by atoms with Crippen LogP contribution in [0.15, 0.2) is 66.2 Å². The molecule has 0 aliphatic heterocycles. The number of carbonyl (C=O) groups is 1. The minimum atomic E-state index is -0.341. The van der Waals surface area contributed by atoms with E-state index in [1.807, 2.05) is 30.3 Å². The van der Waals surface area contributed by atoms with Crippen molar-refractivity contribution in [3.63, 3.8) is 0 Å². The van der Waals surface area contributed by atoms with Crippen LogP contribution in [0.5, 0.6) is 0 Å². The monoisotopic (exact) mass is 396 g/mol. The maximum Gasteiger partial charge on any atom is 0.276 e. The number of halogens is 1. The lowest BCUT2D eigenvalue weighted by molar-refractivity contribution is 0.102. The van der Waals surface area contributed by atoms with Crippen LogP contribution >= 0.6 is 23.6 Å². The third-order valence-electron chi connectivity index (χ3n) is 3.87. The zero-order valence-corrected chi connectivity index (χ0v) is 15.5. The Morgan fingerprint density at radius 2 is 2.00 bits per heavy atom. The molecular formula is C19H13FN4OS2. The number of anilines is 1. The van der Waals surface area contributed by atoms with Crippen LogP contribution in [-0.2, 0) is 0 Å². The second-order valence-electron chi connectivity index (χ2n) is 5.65. The molecule has 0 radical (unpaired) electrons. The molecular weight excluding hydrogens is 383 g/mol. The number of benzene rings is 2. The molecule has 2 N–H and O–H groups in total. The zero-order valence-electron chi connectivity index (χ0n) is 13.8. The molecule has 8 heteroatoms. The molecule has 4 rings (SSSR count). The average molecular weight is 396 g/mol. The maximum absolute atomic E-state index is 13.4. The number of aromatic nitrogens is 3. The smallest absolute Gasteiger partial charge is 0.276 e. The van der Waals surface area contributed by atoms with Crippen molar-refractivity contribution in [3.05, 3.63) is 82.5 Å². The number of H-pyrrole nitrogens is 1. The number of nitrogens with one attached hydrogen (secondary N) is 2. The van der Waals surface area contributed by atoms with Gasteiger partial charge in [0, 0.05) is 22.8 Å². The normalized spacial score (nSPS) is 10.7. The third kappa shape index (κ3) is 3.57. The molecule has 0 saturated carbocycles. The van der Waals surface area contributed by atoms with Gasteiger partial charge in [-0.1, -0.05) is 30.3 Å². The van der Waals surface area contributed by atoms with Gasteiger partial charge < -0.3 is 4.98 Å². The number of carbonyl (C=O) groups excluding carboxylic acids is 1. The highest BCUT2D eigenvalue weighted by atomic mass is 32.1. The summed E-state index contributed by atoms with van der Waals surface area (Å²) in [5, 5.41) is 4.97. The Bertz CT molecular complexity index is 1160. The largest absolute Gasteiger partial charge is 0.336 e. The predicted molar refractivity (Wildman–Crippen MR) is 106 cm³/mol. The van der Waals surface area contributed by atoms with Gasteiger partial charge in [-0.3, -0.25) is 14.7 Å². The van der Waals surface area contributed by atoms with E-state index in [2.05, 4.69) is 15.3 Å². The number of para-hydroxylation sites is 1. The molecule has 0 atom stereocenters. The minimum Gasteiger partial charge on any atom is -0.336 e. The van der Waals surface area contributed by atoms with Gasteiger partial charge in [0.25, 0.3) is 5.91 Å². The molecule has 0 spiro atoms. The van der Waals surface area contributed by atoms with E-state index in [0.717, 1.165) is 5.69 Å². The second-order valence-corrected chi connectivity index (χ2v) is 6.90. The third-order valence-corrected chi connectivity index (χ3v) is 4.93. The summed E-state index contributed by atoms with van der Waals surface area (Å²) < 4.78 is 15.5. The molecule has 0 unspecified atom stereocenters. The summed E-state index contributed by atoms with van der Waals surface area (Å²) in [6, 6.07) is 15.5. The van der Waals surface area contributed by atoms with E-state index in [-0.39, 0.29) is 11.7 Å². The standard InChI is InChI=1S/C19H13FN4OS2/c20-13-6-4-5-12(9-13)15-11-27-18(22-15)23-17(25)16-10-21-19(26)24(16)14-7-2-1-3-8-14/h1-11H,(H,21,26)(H,22,23,25). The Kier molecular flexibility index (Phi) is 4.66. The van der Waals surface area contributed by atoms with Crippen LogP contribution in [0.3, 0.4) is 0 Å². The van der Waals surface area contributed by atoms with Crippen LogP contribution in [0.2, 0.25) is 0 Å². The van der Waals surface area contributed by atoms with Gasteiger partial charge in [-0.15, -0.1) is 11.3 Å². The summed E-state index contributed by atoms with van der Waals surface area (Å²) in [6.45, 7) is 0. The average Bonchev–Trinajstić information content (AvgIpc) is 3.29. The predicted octanol–water partition coefficient (Wildman–Crippen LogP) is 5.05. The summed E-state index contributed by atoms with van der Waals surface area (Å²) in [5.74, 6) is -0.674. The van der Waals surface area contributed by atoms with E-state index < -0.39 is 0 Å². The molecule has 0 bridgehead atoms. The summed E-state index contributed by atoms with van der Waals surface area (Å²) in [4.78, 5) is 20.0. The maximum atomic E-state index is 13.4. The first-order chi connectivity index (χ1) is 13.1. The van der Waals surface area contributed by atoms with Crippen LogP contribution in [0.1, 0.15) is 10.5 Å². The Labute approximate surface area is 163 Å². The number of hydrogen-bond acceptors (Lipinski definition) is 4. The number of amides is 1. The first kappa shape index (κ1) is 17.3. The van der Waals surface area contributed by atoms with Gasteiger partial charge >= 0.3 is 0 Å². The van der Waals surface area contributed by atoms with Crippen molar-refractivity contribution in [2.24, 2.45) is 0 Å². The van der Waals surface area contributed by atoms with Gasteiger partial charge in [0.1, 0.15) is 11.5 Å². The fourth-order valence-corrected chi connectivity index (χ4v) is 3.62. The van der Waals surface area contributed by atoms with E-state index in [0.29, 0.717) is 26.9 Å². The number of thiazole rings is 1. The highest BCUT2D eigenvalue weighted by Gasteiger charge is 2.16. The molecule has 0 fully saturated rings. The highest BCUT2D eigenvalue weighted by Crippen LogP contribution is 2.26. The molecule has 134 valence electrons. The van der Waals surface area contributed by atoms with Gasteiger partial charge in [0.2, 0.25) is 0 Å².